The van der Waals surface area contributed by atoms with Gasteiger partial charge >= 0.3 is 0 Å². The van der Waals surface area contributed by atoms with Gasteiger partial charge in [0, 0.05) is 30.2 Å². The lowest BCUT2D eigenvalue weighted by molar-refractivity contribution is 0.0661. The van der Waals surface area contributed by atoms with Crippen LogP contribution >= 0.6 is 0 Å². The van der Waals surface area contributed by atoms with Crippen molar-refractivity contribution < 1.29 is 4.74 Å². The van der Waals surface area contributed by atoms with Gasteiger partial charge in [0.05, 0.1) is 12.2 Å². The first-order chi connectivity index (χ1) is 13.7. The lowest BCUT2D eigenvalue weighted by Crippen LogP contribution is -2.42. The fraction of sp³-hybridized carbons (Fsp3) is 0.625. The second-order valence-electron chi connectivity index (χ2n) is 9.17. The maximum atomic E-state index is 12.2. The fourth-order valence-electron chi connectivity index (χ4n) is 5.55. The largest absolute Gasteiger partial charge is 0.369 e. The van der Waals surface area contributed by atoms with Gasteiger partial charge in [0.1, 0.15) is 0 Å². The van der Waals surface area contributed by atoms with Crippen molar-refractivity contribution in [3.05, 3.63) is 45.7 Å². The van der Waals surface area contributed by atoms with E-state index in [9.17, 15) is 4.79 Å². The molecule has 4 heteroatoms. The SMILES string of the molecule is CCc1cc2cc(C(C3CCCCC3)N3CCC4(CC3)CO4)ccc2[nH]c1=O. The summed E-state index contributed by atoms with van der Waals surface area (Å²) in [5.41, 5.74) is 3.55. The zero-order valence-electron chi connectivity index (χ0n) is 17.0. The zero-order chi connectivity index (χ0) is 19.1. The summed E-state index contributed by atoms with van der Waals surface area (Å²) < 4.78 is 5.75. The van der Waals surface area contributed by atoms with Crippen molar-refractivity contribution in [2.45, 2.75) is 69.9 Å². The van der Waals surface area contributed by atoms with Crippen LogP contribution in [0.3, 0.4) is 0 Å². The quantitative estimate of drug-likeness (QED) is 0.790. The molecular formula is C24H32N2O2. The van der Waals surface area contributed by atoms with E-state index in [0.29, 0.717) is 6.04 Å². The summed E-state index contributed by atoms with van der Waals surface area (Å²) in [5.74, 6) is 0.744. The average molecular weight is 381 g/mol. The molecule has 1 aliphatic carbocycles. The number of benzene rings is 1. The molecule has 2 saturated heterocycles. The highest BCUT2D eigenvalue weighted by Gasteiger charge is 2.48. The third-order valence-electron chi connectivity index (χ3n) is 7.42. The minimum atomic E-state index is 0.0531. The van der Waals surface area contributed by atoms with Crippen molar-refractivity contribution in [2.24, 2.45) is 5.92 Å². The minimum absolute atomic E-state index is 0.0531. The molecule has 1 aromatic heterocycles. The number of piperidine rings is 1. The molecule has 1 saturated carbocycles. The Hall–Kier alpha value is -1.65. The van der Waals surface area contributed by atoms with E-state index in [4.69, 9.17) is 4.74 Å². The molecule has 0 radical (unpaired) electrons. The van der Waals surface area contributed by atoms with Crippen LogP contribution in [0.4, 0.5) is 0 Å². The topological polar surface area (TPSA) is 48.6 Å². The predicted octanol–water partition coefficient (Wildman–Crippen LogP) is 4.58. The number of ether oxygens (including phenoxy) is 1. The van der Waals surface area contributed by atoms with Gasteiger partial charge in [-0.1, -0.05) is 32.3 Å². The molecule has 5 rings (SSSR count). The molecule has 3 fully saturated rings. The third-order valence-corrected chi connectivity index (χ3v) is 7.42. The van der Waals surface area contributed by atoms with Crippen LogP contribution in [0.2, 0.25) is 0 Å². The smallest absolute Gasteiger partial charge is 0.251 e. The van der Waals surface area contributed by atoms with Gasteiger partial charge < -0.3 is 9.72 Å². The van der Waals surface area contributed by atoms with E-state index >= 15 is 0 Å². The van der Waals surface area contributed by atoms with E-state index < -0.39 is 0 Å². The summed E-state index contributed by atoms with van der Waals surface area (Å²) in [5, 5.41) is 1.17. The molecule has 4 nitrogen and oxygen atoms in total. The Labute approximate surface area is 167 Å². The number of epoxide rings is 1. The molecule has 3 heterocycles. The molecule has 1 unspecified atom stereocenters. The summed E-state index contributed by atoms with van der Waals surface area (Å²) >= 11 is 0. The monoisotopic (exact) mass is 380 g/mol. The van der Waals surface area contributed by atoms with Crippen molar-refractivity contribution in [1.82, 2.24) is 9.88 Å². The number of aromatic nitrogens is 1. The standard InChI is InChI=1S/C24H32N2O2/c1-2-17-14-20-15-19(8-9-21(20)25-23(17)27)22(18-6-4-3-5-7-18)26-12-10-24(11-13-26)16-28-24/h8-9,14-15,18,22H,2-7,10-13,16H2,1H3,(H,25,27). The normalized spacial score (nSPS) is 23.9. The van der Waals surface area contributed by atoms with Gasteiger partial charge in [-0.05, 0) is 67.2 Å². The average Bonchev–Trinajstić information content (AvgIpc) is 3.49. The van der Waals surface area contributed by atoms with Crippen molar-refractivity contribution in [3.63, 3.8) is 0 Å². The molecule has 150 valence electrons. The Morgan fingerprint density at radius 3 is 2.61 bits per heavy atom. The molecule has 1 atom stereocenters. The van der Waals surface area contributed by atoms with Crippen molar-refractivity contribution in [3.8, 4) is 0 Å². The number of H-pyrrole nitrogens is 1. The first kappa shape index (κ1) is 18.4. The van der Waals surface area contributed by atoms with E-state index in [-0.39, 0.29) is 11.2 Å². The molecule has 1 spiro atoms. The summed E-state index contributed by atoms with van der Waals surface area (Å²) in [6.07, 6.45) is 9.92. The van der Waals surface area contributed by atoms with Gasteiger partial charge in [-0.2, -0.15) is 0 Å². The molecule has 1 aromatic carbocycles. The molecule has 3 aliphatic rings. The van der Waals surface area contributed by atoms with E-state index in [0.717, 1.165) is 43.1 Å². The van der Waals surface area contributed by atoms with Gasteiger partial charge in [0.25, 0.3) is 5.56 Å². The van der Waals surface area contributed by atoms with E-state index in [2.05, 4.69) is 41.1 Å². The number of rotatable bonds is 4. The Balaban J connectivity index is 1.50. The number of aromatic amines is 1. The summed E-state index contributed by atoms with van der Waals surface area (Å²) in [7, 11) is 0. The number of likely N-dealkylation sites (tertiary alicyclic amines) is 1. The van der Waals surface area contributed by atoms with Crippen molar-refractivity contribution in [1.29, 1.82) is 0 Å². The number of pyridine rings is 1. The van der Waals surface area contributed by atoms with Crippen LogP contribution in [0, 0.1) is 5.92 Å². The Morgan fingerprint density at radius 1 is 1.18 bits per heavy atom. The molecule has 2 aliphatic heterocycles. The fourth-order valence-corrected chi connectivity index (χ4v) is 5.55. The van der Waals surface area contributed by atoms with Gasteiger partial charge in [-0.25, -0.2) is 0 Å². The van der Waals surface area contributed by atoms with Gasteiger partial charge in [-0.15, -0.1) is 0 Å². The highest BCUT2D eigenvalue weighted by atomic mass is 16.6. The van der Waals surface area contributed by atoms with Crippen LogP contribution in [-0.2, 0) is 11.2 Å². The van der Waals surface area contributed by atoms with E-state index in [1.807, 2.05) is 0 Å². The van der Waals surface area contributed by atoms with Crippen LogP contribution in [0.5, 0.6) is 0 Å². The molecule has 1 N–H and O–H groups in total. The van der Waals surface area contributed by atoms with Crippen LogP contribution in [0.1, 0.15) is 69.0 Å². The number of hydrogen-bond donors (Lipinski definition) is 1. The lowest BCUT2D eigenvalue weighted by Gasteiger charge is -2.42. The van der Waals surface area contributed by atoms with Gasteiger partial charge in [-0.3, -0.25) is 9.69 Å². The second kappa shape index (κ2) is 7.31. The highest BCUT2D eigenvalue weighted by molar-refractivity contribution is 5.79. The highest BCUT2D eigenvalue weighted by Crippen LogP contribution is 2.44. The van der Waals surface area contributed by atoms with Gasteiger partial charge in [0.15, 0.2) is 0 Å². The zero-order valence-corrected chi connectivity index (χ0v) is 17.0. The molecule has 28 heavy (non-hydrogen) atoms. The van der Waals surface area contributed by atoms with Crippen LogP contribution in [0.25, 0.3) is 10.9 Å². The van der Waals surface area contributed by atoms with E-state index in [1.54, 1.807) is 0 Å². The maximum absolute atomic E-state index is 12.2. The first-order valence-corrected chi connectivity index (χ1v) is 11.2. The summed E-state index contributed by atoms with van der Waals surface area (Å²) in [6, 6.07) is 9.33. The van der Waals surface area contributed by atoms with E-state index in [1.165, 1.54) is 55.9 Å². The first-order valence-electron chi connectivity index (χ1n) is 11.2. The number of hydrogen-bond acceptors (Lipinski definition) is 3. The number of nitrogens with one attached hydrogen (secondary N) is 1. The summed E-state index contributed by atoms with van der Waals surface area (Å²) in [4.78, 5) is 18.0. The lowest BCUT2D eigenvalue weighted by atomic mass is 9.79. The number of fused-ring (bicyclic) bond motifs is 1. The maximum Gasteiger partial charge on any atom is 0.251 e. The third kappa shape index (κ3) is 3.42. The molecule has 0 bridgehead atoms. The molecule has 2 aromatic rings. The summed E-state index contributed by atoms with van der Waals surface area (Å²) in [6.45, 7) is 5.31. The van der Waals surface area contributed by atoms with Crippen LogP contribution in [0.15, 0.2) is 29.1 Å². The minimum Gasteiger partial charge on any atom is -0.369 e. The Kier molecular flexibility index (Phi) is 4.80. The number of nitrogens with zero attached hydrogens (tertiary/aromatic N) is 1. The van der Waals surface area contributed by atoms with Crippen LogP contribution < -0.4 is 5.56 Å². The molecular weight excluding hydrogens is 348 g/mol. The Morgan fingerprint density at radius 2 is 1.93 bits per heavy atom. The second-order valence-corrected chi connectivity index (χ2v) is 9.17. The Bertz CT molecular complexity index is 898. The number of aryl methyl sites for hydroxylation is 1. The van der Waals surface area contributed by atoms with Crippen LogP contribution in [-0.4, -0.2) is 35.2 Å². The van der Waals surface area contributed by atoms with Crippen molar-refractivity contribution in [2.75, 3.05) is 19.7 Å². The predicted molar refractivity (Wildman–Crippen MR) is 113 cm³/mol. The van der Waals surface area contributed by atoms with Gasteiger partial charge in [0.2, 0.25) is 0 Å². The van der Waals surface area contributed by atoms with Crippen molar-refractivity contribution >= 4 is 10.9 Å². The molecule has 0 amide bonds.